The summed E-state index contributed by atoms with van der Waals surface area (Å²) in [5, 5.41) is 2.48. The van der Waals surface area contributed by atoms with Crippen molar-refractivity contribution >= 4 is 21.7 Å². The van der Waals surface area contributed by atoms with E-state index in [-0.39, 0.29) is 35.2 Å². The molecule has 1 N–H and O–H groups in total. The largest absolute Gasteiger partial charge is 0.490 e. The normalized spacial score (nSPS) is 18.1. The lowest BCUT2D eigenvalue weighted by molar-refractivity contribution is -0.124. The van der Waals surface area contributed by atoms with Crippen molar-refractivity contribution in [3.63, 3.8) is 0 Å². The number of carbonyl (C=O) groups excluding carboxylic acids is 2. The van der Waals surface area contributed by atoms with Gasteiger partial charge in [-0.2, -0.15) is 8.78 Å². The van der Waals surface area contributed by atoms with Crippen LogP contribution in [0.15, 0.2) is 18.2 Å². The minimum Gasteiger partial charge on any atom is -0.490 e. The van der Waals surface area contributed by atoms with Crippen LogP contribution >= 0.6 is 0 Å². The highest BCUT2D eigenvalue weighted by Crippen LogP contribution is 2.30. The number of esters is 1. The molecule has 1 amide bonds. The summed E-state index contributed by atoms with van der Waals surface area (Å²) in [5.74, 6) is -1.93. The third-order valence-electron chi connectivity index (χ3n) is 3.63. The highest BCUT2D eigenvalue weighted by molar-refractivity contribution is 7.91. The van der Waals surface area contributed by atoms with Crippen molar-refractivity contribution in [2.24, 2.45) is 0 Å². The second-order valence-electron chi connectivity index (χ2n) is 5.72. The first-order valence-corrected chi connectivity index (χ1v) is 9.91. The lowest BCUT2D eigenvalue weighted by Gasteiger charge is -2.13. The number of hydrogen-bond acceptors (Lipinski definition) is 7. The number of halogens is 2. The van der Waals surface area contributed by atoms with E-state index in [9.17, 15) is 26.8 Å². The number of carbonyl (C=O) groups is 2. The third kappa shape index (κ3) is 6.35. The van der Waals surface area contributed by atoms with Gasteiger partial charge in [-0.3, -0.25) is 4.79 Å². The fourth-order valence-corrected chi connectivity index (χ4v) is 4.16. The van der Waals surface area contributed by atoms with Crippen molar-refractivity contribution in [2.45, 2.75) is 26.0 Å². The van der Waals surface area contributed by atoms with Gasteiger partial charge in [0.1, 0.15) is 0 Å². The Kier molecular flexibility index (Phi) is 6.94. The Morgan fingerprint density at radius 2 is 2.04 bits per heavy atom. The summed E-state index contributed by atoms with van der Waals surface area (Å²) in [4.78, 5) is 23.8. The molecule has 27 heavy (non-hydrogen) atoms. The van der Waals surface area contributed by atoms with Gasteiger partial charge >= 0.3 is 12.6 Å². The molecule has 0 spiro atoms. The molecule has 0 aromatic heterocycles. The molecule has 0 radical (unpaired) electrons. The summed E-state index contributed by atoms with van der Waals surface area (Å²) in [7, 11) is -3.14. The van der Waals surface area contributed by atoms with Crippen molar-refractivity contribution in [3.05, 3.63) is 23.8 Å². The van der Waals surface area contributed by atoms with Crippen LogP contribution in [-0.4, -0.2) is 57.7 Å². The number of ether oxygens (including phenoxy) is 3. The number of nitrogens with one attached hydrogen (secondary N) is 1. The monoisotopic (exact) mass is 407 g/mol. The molecule has 11 heteroatoms. The molecule has 0 bridgehead atoms. The molecule has 1 atom stereocenters. The Morgan fingerprint density at radius 3 is 2.63 bits per heavy atom. The van der Waals surface area contributed by atoms with Gasteiger partial charge in [0.25, 0.3) is 5.91 Å². The number of hydrogen-bond donors (Lipinski definition) is 1. The van der Waals surface area contributed by atoms with Crippen LogP contribution in [0.4, 0.5) is 8.78 Å². The van der Waals surface area contributed by atoms with E-state index in [0.717, 1.165) is 6.07 Å². The Morgan fingerprint density at radius 1 is 1.30 bits per heavy atom. The van der Waals surface area contributed by atoms with Crippen molar-refractivity contribution in [1.82, 2.24) is 5.32 Å². The third-order valence-corrected chi connectivity index (χ3v) is 5.40. The van der Waals surface area contributed by atoms with Crippen LogP contribution in [0.5, 0.6) is 11.5 Å². The Hall–Kier alpha value is -2.43. The van der Waals surface area contributed by atoms with E-state index >= 15 is 0 Å². The van der Waals surface area contributed by atoms with Gasteiger partial charge in [-0.1, -0.05) is 0 Å². The smallest absolute Gasteiger partial charge is 0.387 e. The molecule has 1 heterocycles. The topological polar surface area (TPSA) is 108 Å². The van der Waals surface area contributed by atoms with Crippen LogP contribution in [0, 0.1) is 0 Å². The van der Waals surface area contributed by atoms with E-state index in [0.29, 0.717) is 6.42 Å². The standard InChI is InChI=1S/C16H19F2NO7S/c1-2-24-13-7-10(3-4-12(13)26-16(17)18)15(21)25-8-14(20)19-11-5-6-27(22,23)9-11/h3-4,7,11,16H,2,5-6,8-9H2,1H3,(H,19,20)/t11-/m0/s1. The van der Waals surface area contributed by atoms with Crippen molar-refractivity contribution in [2.75, 3.05) is 24.7 Å². The summed E-state index contributed by atoms with van der Waals surface area (Å²) in [6.45, 7) is -1.87. The van der Waals surface area contributed by atoms with Gasteiger partial charge in [0.05, 0.1) is 23.7 Å². The first-order valence-electron chi connectivity index (χ1n) is 8.08. The molecule has 1 aromatic rings. The van der Waals surface area contributed by atoms with E-state index in [1.54, 1.807) is 6.92 Å². The Bertz CT molecular complexity index is 798. The highest BCUT2D eigenvalue weighted by Gasteiger charge is 2.29. The maximum absolute atomic E-state index is 12.4. The zero-order valence-electron chi connectivity index (χ0n) is 14.4. The quantitative estimate of drug-likeness (QED) is 0.644. The average molecular weight is 407 g/mol. The maximum atomic E-state index is 12.4. The Labute approximate surface area is 154 Å². The summed E-state index contributed by atoms with van der Waals surface area (Å²) >= 11 is 0. The summed E-state index contributed by atoms with van der Waals surface area (Å²) in [5.41, 5.74) is -0.0173. The van der Waals surface area contributed by atoms with E-state index in [1.807, 2.05) is 0 Å². The van der Waals surface area contributed by atoms with Gasteiger partial charge in [-0.05, 0) is 31.5 Å². The van der Waals surface area contributed by atoms with Gasteiger partial charge in [0.2, 0.25) is 0 Å². The lowest BCUT2D eigenvalue weighted by Crippen LogP contribution is -2.38. The molecule has 0 saturated carbocycles. The number of amides is 1. The van der Waals surface area contributed by atoms with Crippen molar-refractivity contribution in [3.8, 4) is 11.5 Å². The van der Waals surface area contributed by atoms with Crippen LogP contribution in [0.3, 0.4) is 0 Å². The van der Waals surface area contributed by atoms with Gasteiger partial charge in [0.15, 0.2) is 27.9 Å². The van der Waals surface area contributed by atoms with E-state index in [2.05, 4.69) is 10.1 Å². The molecule has 150 valence electrons. The number of rotatable bonds is 8. The molecular formula is C16H19F2NO7S. The summed E-state index contributed by atoms with van der Waals surface area (Å²) in [6, 6.07) is 3.00. The van der Waals surface area contributed by atoms with E-state index < -0.39 is 41.0 Å². The van der Waals surface area contributed by atoms with Crippen molar-refractivity contribution < 1.29 is 41.0 Å². The van der Waals surface area contributed by atoms with Gasteiger partial charge in [0, 0.05) is 6.04 Å². The van der Waals surface area contributed by atoms with Crippen LogP contribution in [0.1, 0.15) is 23.7 Å². The summed E-state index contributed by atoms with van der Waals surface area (Å²) in [6.07, 6.45) is 0.311. The minimum absolute atomic E-state index is 0.00494. The second-order valence-corrected chi connectivity index (χ2v) is 7.95. The van der Waals surface area contributed by atoms with E-state index in [4.69, 9.17) is 9.47 Å². The number of alkyl halides is 2. The fraction of sp³-hybridized carbons (Fsp3) is 0.500. The molecule has 1 aliphatic heterocycles. The minimum atomic E-state index is -3.14. The second kappa shape index (κ2) is 8.98. The maximum Gasteiger partial charge on any atom is 0.387 e. The number of sulfone groups is 1. The zero-order chi connectivity index (χ0) is 20.0. The van der Waals surface area contributed by atoms with Gasteiger partial charge in [-0.15, -0.1) is 0 Å². The van der Waals surface area contributed by atoms with E-state index in [1.165, 1.54) is 12.1 Å². The highest BCUT2D eigenvalue weighted by atomic mass is 32.2. The molecule has 8 nitrogen and oxygen atoms in total. The van der Waals surface area contributed by atoms with Crippen molar-refractivity contribution in [1.29, 1.82) is 0 Å². The molecule has 1 fully saturated rings. The van der Waals surface area contributed by atoms with Crippen LogP contribution in [-0.2, 0) is 19.4 Å². The molecule has 0 unspecified atom stereocenters. The molecule has 0 aliphatic carbocycles. The first-order chi connectivity index (χ1) is 12.7. The molecule has 1 saturated heterocycles. The molecular weight excluding hydrogens is 388 g/mol. The number of benzene rings is 1. The molecule has 1 aliphatic rings. The van der Waals surface area contributed by atoms with Gasteiger partial charge in [-0.25, -0.2) is 13.2 Å². The first kappa shape index (κ1) is 20.9. The summed E-state index contributed by atoms with van der Waals surface area (Å²) < 4.78 is 61.8. The fourth-order valence-electron chi connectivity index (χ4n) is 2.49. The van der Waals surface area contributed by atoms with Crippen LogP contribution in [0.25, 0.3) is 0 Å². The molecule has 2 rings (SSSR count). The lowest BCUT2D eigenvalue weighted by atomic mass is 10.2. The Balaban J connectivity index is 1.93. The zero-order valence-corrected chi connectivity index (χ0v) is 15.3. The predicted molar refractivity (Wildman–Crippen MR) is 89.7 cm³/mol. The molecule has 1 aromatic carbocycles. The van der Waals surface area contributed by atoms with Gasteiger partial charge < -0.3 is 19.5 Å². The SMILES string of the molecule is CCOc1cc(C(=O)OCC(=O)N[C@H]2CCS(=O)(=O)C2)ccc1OC(F)F. The van der Waals surface area contributed by atoms with Crippen LogP contribution in [0.2, 0.25) is 0 Å². The van der Waals surface area contributed by atoms with Crippen LogP contribution < -0.4 is 14.8 Å². The predicted octanol–water partition coefficient (Wildman–Crippen LogP) is 1.15. The average Bonchev–Trinajstić information content (AvgIpc) is 2.92.